The third-order valence-corrected chi connectivity index (χ3v) is 5.70. The number of para-hydroxylation sites is 1. The minimum Gasteiger partial charge on any atom is -0.340 e. The molecule has 0 bridgehead atoms. The number of carbonyl (C=O) groups excluding carboxylic acids is 1. The lowest BCUT2D eigenvalue weighted by atomic mass is 10.1. The van der Waals surface area contributed by atoms with Gasteiger partial charge in [-0.3, -0.25) is 14.8 Å². The van der Waals surface area contributed by atoms with Crippen LogP contribution in [0.25, 0.3) is 11.3 Å². The summed E-state index contributed by atoms with van der Waals surface area (Å²) < 4.78 is 0. The molecule has 0 spiro atoms. The molecule has 1 amide bonds. The second-order valence-electron chi connectivity index (χ2n) is 8.01. The Labute approximate surface area is 192 Å². The first-order valence-corrected chi connectivity index (χ1v) is 11.1. The van der Waals surface area contributed by atoms with Crippen molar-refractivity contribution in [3.05, 3.63) is 96.8 Å². The van der Waals surface area contributed by atoms with Crippen LogP contribution in [0.3, 0.4) is 0 Å². The maximum atomic E-state index is 13.1. The number of anilines is 2. The van der Waals surface area contributed by atoms with Crippen LogP contribution < -0.4 is 5.32 Å². The standard InChI is InChI=1S/C26H24N6O/c33-25(15-19-7-4-12-27-17-19)32-14-6-11-23(32)26-30-22(20-8-5-13-28-18-20)16-24(31-26)29-21-9-2-1-3-10-21/h1-5,7-10,12-13,16-18,23H,6,11,14-15H2,(H,29,30,31). The van der Waals surface area contributed by atoms with Crippen molar-refractivity contribution in [1.29, 1.82) is 0 Å². The van der Waals surface area contributed by atoms with E-state index in [0.717, 1.165) is 35.3 Å². The van der Waals surface area contributed by atoms with Crippen molar-refractivity contribution < 1.29 is 4.79 Å². The molecule has 0 aliphatic carbocycles. The number of nitrogens with one attached hydrogen (secondary N) is 1. The molecule has 1 saturated heterocycles. The largest absolute Gasteiger partial charge is 0.340 e. The molecular weight excluding hydrogens is 412 g/mol. The Morgan fingerprint density at radius 2 is 1.79 bits per heavy atom. The van der Waals surface area contributed by atoms with Gasteiger partial charge in [0.2, 0.25) is 5.91 Å². The summed E-state index contributed by atoms with van der Waals surface area (Å²) in [5.41, 5.74) is 3.53. The van der Waals surface area contributed by atoms with Crippen molar-refractivity contribution in [2.45, 2.75) is 25.3 Å². The van der Waals surface area contributed by atoms with E-state index in [9.17, 15) is 4.79 Å². The molecule has 4 heterocycles. The Bertz CT molecular complexity index is 1220. The van der Waals surface area contributed by atoms with E-state index in [-0.39, 0.29) is 11.9 Å². The van der Waals surface area contributed by atoms with Gasteiger partial charge in [-0.15, -0.1) is 0 Å². The molecule has 1 atom stereocenters. The second-order valence-corrected chi connectivity index (χ2v) is 8.01. The average Bonchev–Trinajstić information content (AvgIpc) is 3.36. The van der Waals surface area contributed by atoms with Crippen LogP contribution in [-0.2, 0) is 11.2 Å². The third-order valence-electron chi connectivity index (χ3n) is 5.70. The Hall–Kier alpha value is -4.13. The first-order valence-electron chi connectivity index (χ1n) is 11.1. The SMILES string of the molecule is O=C(Cc1cccnc1)N1CCCC1c1nc(Nc2ccccc2)cc(-c2cccnc2)n1. The van der Waals surface area contributed by atoms with Gasteiger partial charge in [0.1, 0.15) is 5.82 Å². The Kier molecular flexibility index (Phi) is 6.01. The zero-order valence-electron chi connectivity index (χ0n) is 18.1. The van der Waals surface area contributed by atoms with Gasteiger partial charge in [-0.25, -0.2) is 9.97 Å². The molecule has 1 fully saturated rings. The minimum atomic E-state index is -0.165. The smallest absolute Gasteiger partial charge is 0.227 e. The number of pyridine rings is 2. The van der Waals surface area contributed by atoms with Crippen LogP contribution in [0, 0.1) is 0 Å². The Morgan fingerprint density at radius 1 is 0.970 bits per heavy atom. The molecule has 1 unspecified atom stereocenters. The summed E-state index contributed by atoms with van der Waals surface area (Å²) in [6.45, 7) is 0.700. The van der Waals surface area contributed by atoms with E-state index in [4.69, 9.17) is 9.97 Å². The first-order chi connectivity index (χ1) is 16.3. The third kappa shape index (κ3) is 4.87. The number of carbonyl (C=O) groups is 1. The summed E-state index contributed by atoms with van der Waals surface area (Å²) in [6.07, 6.45) is 9.06. The Balaban J connectivity index is 1.47. The molecule has 7 nitrogen and oxygen atoms in total. The van der Waals surface area contributed by atoms with Crippen molar-refractivity contribution in [3.8, 4) is 11.3 Å². The van der Waals surface area contributed by atoms with Crippen molar-refractivity contribution >= 4 is 17.4 Å². The number of hydrogen-bond acceptors (Lipinski definition) is 6. The van der Waals surface area contributed by atoms with Crippen LogP contribution in [0.2, 0.25) is 0 Å². The molecule has 1 aromatic carbocycles. The van der Waals surface area contributed by atoms with Gasteiger partial charge in [0.15, 0.2) is 5.82 Å². The number of likely N-dealkylation sites (tertiary alicyclic amines) is 1. The molecule has 33 heavy (non-hydrogen) atoms. The number of benzene rings is 1. The summed E-state index contributed by atoms with van der Waals surface area (Å²) in [7, 11) is 0. The number of hydrogen-bond donors (Lipinski definition) is 1. The van der Waals surface area contributed by atoms with Crippen molar-refractivity contribution in [2.75, 3.05) is 11.9 Å². The van der Waals surface area contributed by atoms with Gasteiger partial charge < -0.3 is 10.2 Å². The summed E-state index contributed by atoms with van der Waals surface area (Å²) in [5, 5.41) is 3.38. The summed E-state index contributed by atoms with van der Waals surface area (Å²) in [6, 6.07) is 19.3. The second kappa shape index (κ2) is 9.56. The lowest BCUT2D eigenvalue weighted by Gasteiger charge is -2.24. The van der Waals surface area contributed by atoms with Crippen LogP contribution in [0.1, 0.15) is 30.3 Å². The zero-order valence-corrected chi connectivity index (χ0v) is 18.1. The monoisotopic (exact) mass is 436 g/mol. The summed E-state index contributed by atoms with van der Waals surface area (Å²) in [5.74, 6) is 1.40. The molecule has 5 rings (SSSR count). The van der Waals surface area contributed by atoms with E-state index in [0.29, 0.717) is 24.6 Å². The van der Waals surface area contributed by atoms with E-state index < -0.39 is 0 Å². The maximum Gasteiger partial charge on any atom is 0.227 e. The lowest BCUT2D eigenvalue weighted by Crippen LogP contribution is -2.32. The van der Waals surface area contributed by atoms with Crippen LogP contribution in [0.15, 0.2) is 85.5 Å². The summed E-state index contributed by atoms with van der Waals surface area (Å²) >= 11 is 0. The highest BCUT2D eigenvalue weighted by Crippen LogP contribution is 2.33. The van der Waals surface area contributed by atoms with Gasteiger partial charge in [0, 0.05) is 48.6 Å². The van der Waals surface area contributed by atoms with Crippen LogP contribution in [0.4, 0.5) is 11.5 Å². The molecular formula is C26H24N6O. The maximum absolute atomic E-state index is 13.1. The van der Waals surface area contributed by atoms with E-state index in [1.165, 1.54) is 0 Å². The van der Waals surface area contributed by atoms with E-state index >= 15 is 0 Å². The van der Waals surface area contributed by atoms with Crippen LogP contribution >= 0.6 is 0 Å². The van der Waals surface area contributed by atoms with Crippen molar-refractivity contribution in [2.24, 2.45) is 0 Å². The van der Waals surface area contributed by atoms with Crippen LogP contribution in [0.5, 0.6) is 0 Å². The fourth-order valence-corrected chi connectivity index (χ4v) is 4.12. The van der Waals surface area contributed by atoms with Crippen molar-refractivity contribution in [3.63, 3.8) is 0 Å². The van der Waals surface area contributed by atoms with Gasteiger partial charge in [-0.2, -0.15) is 0 Å². The fraction of sp³-hybridized carbons (Fsp3) is 0.192. The highest BCUT2D eigenvalue weighted by Gasteiger charge is 2.32. The molecule has 0 radical (unpaired) electrons. The van der Waals surface area contributed by atoms with E-state index in [1.807, 2.05) is 65.6 Å². The highest BCUT2D eigenvalue weighted by molar-refractivity contribution is 5.79. The molecule has 0 saturated carbocycles. The molecule has 7 heteroatoms. The fourth-order valence-electron chi connectivity index (χ4n) is 4.12. The summed E-state index contributed by atoms with van der Waals surface area (Å²) in [4.78, 5) is 33.1. The highest BCUT2D eigenvalue weighted by atomic mass is 16.2. The van der Waals surface area contributed by atoms with Gasteiger partial charge in [-0.05, 0) is 48.7 Å². The molecule has 1 N–H and O–H groups in total. The molecule has 1 aliphatic rings. The predicted molar refractivity (Wildman–Crippen MR) is 127 cm³/mol. The van der Waals surface area contributed by atoms with Gasteiger partial charge in [-0.1, -0.05) is 24.3 Å². The number of rotatable bonds is 6. The van der Waals surface area contributed by atoms with E-state index in [1.54, 1.807) is 24.8 Å². The van der Waals surface area contributed by atoms with Gasteiger partial charge >= 0.3 is 0 Å². The number of amides is 1. The van der Waals surface area contributed by atoms with Gasteiger partial charge in [0.25, 0.3) is 0 Å². The van der Waals surface area contributed by atoms with E-state index in [2.05, 4.69) is 15.3 Å². The average molecular weight is 437 g/mol. The zero-order chi connectivity index (χ0) is 22.5. The quantitative estimate of drug-likeness (QED) is 0.476. The minimum absolute atomic E-state index is 0.0680. The van der Waals surface area contributed by atoms with Gasteiger partial charge in [0.05, 0.1) is 18.2 Å². The molecule has 1 aliphatic heterocycles. The normalized spacial score (nSPS) is 15.4. The van der Waals surface area contributed by atoms with Crippen LogP contribution in [-0.4, -0.2) is 37.3 Å². The Morgan fingerprint density at radius 3 is 2.55 bits per heavy atom. The van der Waals surface area contributed by atoms with Crippen molar-refractivity contribution in [1.82, 2.24) is 24.8 Å². The molecule has 164 valence electrons. The number of aromatic nitrogens is 4. The molecule has 4 aromatic rings. The lowest BCUT2D eigenvalue weighted by molar-refractivity contribution is -0.131. The molecule has 3 aromatic heterocycles. The predicted octanol–water partition coefficient (Wildman–Crippen LogP) is 4.58. The topological polar surface area (TPSA) is 83.9 Å². The number of nitrogens with zero attached hydrogens (tertiary/aromatic N) is 5. The first kappa shape index (κ1) is 20.8.